The molecule has 0 N–H and O–H groups in total. The van der Waals surface area contributed by atoms with Crippen LogP contribution in [0.25, 0.3) is 0 Å². The number of sulfonamides is 1. The maximum Gasteiger partial charge on any atom is 0.264 e. The molecule has 7 heteroatoms. The summed E-state index contributed by atoms with van der Waals surface area (Å²) >= 11 is 5.85. The highest BCUT2D eigenvalue weighted by Crippen LogP contribution is 2.25. The molecule has 3 rings (SSSR count). The van der Waals surface area contributed by atoms with E-state index in [1.807, 2.05) is 4.90 Å². The largest absolute Gasteiger partial charge is 0.339 e. The number of anilines is 1. The second-order valence-electron chi connectivity index (χ2n) is 6.68. The van der Waals surface area contributed by atoms with Crippen LogP contribution < -0.4 is 4.31 Å². The first kappa shape index (κ1) is 19.7. The van der Waals surface area contributed by atoms with Crippen molar-refractivity contribution in [1.82, 2.24) is 4.90 Å². The average Bonchev–Trinajstić information content (AvgIpc) is 2.96. The number of hydrogen-bond donors (Lipinski definition) is 0. The van der Waals surface area contributed by atoms with E-state index in [9.17, 15) is 13.2 Å². The van der Waals surface area contributed by atoms with Crippen molar-refractivity contribution >= 4 is 33.2 Å². The highest BCUT2D eigenvalue weighted by molar-refractivity contribution is 7.92. The first-order valence-electron chi connectivity index (χ1n) is 9.03. The standard InChI is InChI=1S/C20H23ClN2O3S/c1-22(27(25,26)19-11-9-17(21)10-12-19)18-8-6-7-16(15-18)20(24)23-13-4-2-3-5-14-23/h6-12,15H,2-5,13-14H2,1H3. The van der Waals surface area contributed by atoms with Crippen molar-refractivity contribution in [3.8, 4) is 0 Å². The van der Waals surface area contributed by atoms with E-state index in [0.717, 1.165) is 38.8 Å². The number of benzene rings is 2. The number of likely N-dealkylation sites (tertiary alicyclic amines) is 1. The molecule has 1 heterocycles. The van der Waals surface area contributed by atoms with Gasteiger partial charge in [0.2, 0.25) is 0 Å². The van der Waals surface area contributed by atoms with Crippen molar-refractivity contribution in [3.05, 3.63) is 59.1 Å². The Hall–Kier alpha value is -2.05. The van der Waals surface area contributed by atoms with Crippen LogP contribution in [0.5, 0.6) is 0 Å². The molecule has 0 bridgehead atoms. The number of halogens is 1. The van der Waals surface area contributed by atoms with Gasteiger partial charge in [0.25, 0.3) is 15.9 Å². The minimum Gasteiger partial charge on any atom is -0.339 e. The van der Waals surface area contributed by atoms with Gasteiger partial charge in [0.15, 0.2) is 0 Å². The van der Waals surface area contributed by atoms with Crippen molar-refractivity contribution in [1.29, 1.82) is 0 Å². The molecule has 2 aromatic rings. The van der Waals surface area contributed by atoms with Crippen LogP contribution in [0.1, 0.15) is 36.0 Å². The molecule has 2 aromatic carbocycles. The normalized spacial score (nSPS) is 15.3. The van der Waals surface area contributed by atoms with E-state index in [1.165, 1.54) is 23.5 Å². The molecule has 1 aliphatic rings. The highest BCUT2D eigenvalue weighted by Gasteiger charge is 2.23. The van der Waals surface area contributed by atoms with Crippen molar-refractivity contribution in [2.24, 2.45) is 0 Å². The first-order valence-corrected chi connectivity index (χ1v) is 10.9. The number of nitrogens with zero attached hydrogens (tertiary/aromatic N) is 2. The van der Waals surface area contributed by atoms with Crippen LogP contribution >= 0.6 is 11.6 Å². The Kier molecular flexibility index (Phi) is 6.07. The van der Waals surface area contributed by atoms with Crippen LogP contribution in [0, 0.1) is 0 Å². The molecule has 27 heavy (non-hydrogen) atoms. The summed E-state index contributed by atoms with van der Waals surface area (Å²) in [4.78, 5) is 14.8. The topological polar surface area (TPSA) is 57.7 Å². The molecule has 1 aliphatic heterocycles. The molecule has 0 atom stereocenters. The summed E-state index contributed by atoms with van der Waals surface area (Å²) in [6, 6.07) is 12.8. The Morgan fingerprint density at radius 3 is 2.26 bits per heavy atom. The smallest absolute Gasteiger partial charge is 0.264 e. The summed E-state index contributed by atoms with van der Waals surface area (Å²) in [6.07, 6.45) is 4.31. The quantitative estimate of drug-likeness (QED) is 0.765. The monoisotopic (exact) mass is 406 g/mol. The van der Waals surface area contributed by atoms with Crippen LogP contribution in [0.2, 0.25) is 5.02 Å². The first-order chi connectivity index (χ1) is 12.9. The maximum atomic E-state index is 12.9. The van der Waals surface area contributed by atoms with E-state index in [4.69, 9.17) is 11.6 Å². The predicted molar refractivity (Wildman–Crippen MR) is 108 cm³/mol. The lowest BCUT2D eigenvalue weighted by molar-refractivity contribution is 0.0761. The van der Waals surface area contributed by atoms with Gasteiger partial charge in [-0.3, -0.25) is 9.10 Å². The average molecular weight is 407 g/mol. The van der Waals surface area contributed by atoms with Crippen LogP contribution in [0.15, 0.2) is 53.4 Å². The van der Waals surface area contributed by atoms with Gasteiger partial charge < -0.3 is 4.90 Å². The second-order valence-corrected chi connectivity index (χ2v) is 9.09. The molecule has 0 saturated carbocycles. The van der Waals surface area contributed by atoms with Gasteiger partial charge in [-0.2, -0.15) is 0 Å². The van der Waals surface area contributed by atoms with Crippen molar-refractivity contribution in [2.45, 2.75) is 30.6 Å². The number of hydrogen-bond acceptors (Lipinski definition) is 3. The number of carbonyl (C=O) groups is 1. The Morgan fingerprint density at radius 2 is 1.63 bits per heavy atom. The molecule has 0 radical (unpaired) electrons. The second kappa shape index (κ2) is 8.31. The van der Waals surface area contributed by atoms with Gasteiger partial charge in [0, 0.05) is 30.7 Å². The summed E-state index contributed by atoms with van der Waals surface area (Å²) in [7, 11) is -2.25. The molecule has 0 aromatic heterocycles. The zero-order chi connectivity index (χ0) is 19.4. The van der Waals surface area contributed by atoms with E-state index in [1.54, 1.807) is 36.4 Å². The lowest BCUT2D eigenvalue weighted by Crippen LogP contribution is -2.32. The van der Waals surface area contributed by atoms with Gasteiger partial charge in [-0.25, -0.2) is 8.42 Å². The molecule has 144 valence electrons. The van der Waals surface area contributed by atoms with Crippen LogP contribution in [0.3, 0.4) is 0 Å². The lowest BCUT2D eigenvalue weighted by atomic mass is 10.1. The molecule has 0 unspecified atom stereocenters. The summed E-state index contributed by atoms with van der Waals surface area (Å²) in [5.41, 5.74) is 0.957. The predicted octanol–water partition coefficient (Wildman–Crippen LogP) is 4.18. The molecule has 0 spiro atoms. The minimum absolute atomic E-state index is 0.0453. The lowest BCUT2D eigenvalue weighted by Gasteiger charge is -2.23. The van der Waals surface area contributed by atoms with Crippen LogP contribution in [-0.4, -0.2) is 39.4 Å². The molecule has 1 fully saturated rings. The molecule has 0 aliphatic carbocycles. The highest BCUT2D eigenvalue weighted by atomic mass is 35.5. The minimum atomic E-state index is -3.73. The van der Waals surface area contributed by atoms with Gasteiger partial charge in [-0.1, -0.05) is 30.5 Å². The molecule has 1 amide bonds. The van der Waals surface area contributed by atoms with Crippen molar-refractivity contribution in [2.75, 3.05) is 24.4 Å². The number of rotatable bonds is 4. The maximum absolute atomic E-state index is 12.9. The fourth-order valence-electron chi connectivity index (χ4n) is 3.19. The van der Waals surface area contributed by atoms with Gasteiger partial charge in [-0.15, -0.1) is 0 Å². The SMILES string of the molecule is CN(c1cccc(C(=O)N2CCCCCC2)c1)S(=O)(=O)c1ccc(Cl)cc1. The summed E-state index contributed by atoms with van der Waals surface area (Å²) in [6.45, 7) is 1.50. The molecular weight excluding hydrogens is 384 g/mol. The Labute approximate surface area is 165 Å². The van der Waals surface area contributed by atoms with E-state index < -0.39 is 10.0 Å². The third-order valence-corrected chi connectivity index (χ3v) is 6.87. The van der Waals surface area contributed by atoms with E-state index >= 15 is 0 Å². The summed E-state index contributed by atoms with van der Waals surface area (Å²) in [5, 5.41) is 0.474. The number of amides is 1. The van der Waals surface area contributed by atoms with Gasteiger partial charge >= 0.3 is 0 Å². The van der Waals surface area contributed by atoms with Gasteiger partial charge in [0.05, 0.1) is 10.6 Å². The van der Waals surface area contributed by atoms with Crippen molar-refractivity contribution < 1.29 is 13.2 Å². The van der Waals surface area contributed by atoms with Gasteiger partial charge in [-0.05, 0) is 55.3 Å². The fourth-order valence-corrected chi connectivity index (χ4v) is 4.51. The molecule has 5 nitrogen and oxygen atoms in total. The summed E-state index contributed by atoms with van der Waals surface area (Å²) < 4.78 is 26.9. The molecule has 1 saturated heterocycles. The van der Waals surface area contributed by atoms with E-state index in [-0.39, 0.29) is 10.8 Å². The summed E-state index contributed by atoms with van der Waals surface area (Å²) in [5.74, 6) is -0.0453. The Morgan fingerprint density at radius 1 is 1.00 bits per heavy atom. The fraction of sp³-hybridized carbons (Fsp3) is 0.350. The number of carbonyl (C=O) groups excluding carboxylic acids is 1. The zero-order valence-corrected chi connectivity index (χ0v) is 16.8. The van der Waals surface area contributed by atoms with Crippen LogP contribution in [-0.2, 0) is 10.0 Å². The molecular formula is C20H23ClN2O3S. The van der Waals surface area contributed by atoms with E-state index in [2.05, 4.69) is 0 Å². The van der Waals surface area contributed by atoms with Crippen molar-refractivity contribution in [3.63, 3.8) is 0 Å². The third kappa shape index (κ3) is 4.45. The zero-order valence-electron chi connectivity index (χ0n) is 15.3. The Bertz CT molecular complexity index is 905. The van der Waals surface area contributed by atoms with E-state index in [0.29, 0.717) is 16.3 Å². The van der Waals surface area contributed by atoms with Crippen LogP contribution in [0.4, 0.5) is 5.69 Å². The third-order valence-electron chi connectivity index (χ3n) is 4.82. The van der Waals surface area contributed by atoms with Gasteiger partial charge in [0.1, 0.15) is 0 Å². The Balaban J connectivity index is 1.85.